The molecule has 1 aliphatic rings. The highest BCUT2D eigenvalue weighted by Gasteiger charge is 2.35. The summed E-state index contributed by atoms with van der Waals surface area (Å²) in [6.07, 6.45) is 0. The molecule has 2 N–H and O–H groups in total. The van der Waals surface area contributed by atoms with E-state index in [1.165, 1.54) is 0 Å². The molecule has 2 amide bonds. The van der Waals surface area contributed by atoms with E-state index in [2.05, 4.69) is 0 Å². The van der Waals surface area contributed by atoms with Gasteiger partial charge in [0, 0.05) is 17.8 Å². The molecule has 1 heterocycles. The Bertz CT molecular complexity index is 806. The molecule has 2 aromatic rings. The highest BCUT2D eigenvalue weighted by Crippen LogP contribution is 2.36. The summed E-state index contributed by atoms with van der Waals surface area (Å²) in [5.74, 6) is -0.334. The van der Waals surface area contributed by atoms with E-state index in [1.807, 2.05) is 45.0 Å². The summed E-state index contributed by atoms with van der Waals surface area (Å²) in [7, 11) is 0. The van der Waals surface area contributed by atoms with Crippen LogP contribution in [0.4, 0.5) is 5.69 Å². The van der Waals surface area contributed by atoms with Gasteiger partial charge in [-0.1, -0.05) is 18.2 Å². The predicted octanol–water partition coefficient (Wildman–Crippen LogP) is 3.09. The minimum Gasteiger partial charge on any atom is -0.488 e. The van der Waals surface area contributed by atoms with E-state index in [0.29, 0.717) is 11.3 Å². The SMILES string of the molecule is CC(C)(C)Oc1ccc(C(=O)N2CC(C(N)=O)c3ccccc32)cc1. The maximum atomic E-state index is 12.9. The molecule has 3 rings (SSSR count). The Hall–Kier alpha value is -2.82. The van der Waals surface area contributed by atoms with Gasteiger partial charge in [0.25, 0.3) is 5.91 Å². The average Bonchev–Trinajstić information content (AvgIpc) is 2.93. The molecule has 1 atom stereocenters. The number of nitrogens with zero attached hydrogens (tertiary/aromatic N) is 1. The molecule has 0 aliphatic carbocycles. The number of rotatable bonds is 3. The number of nitrogens with two attached hydrogens (primary N) is 1. The Labute approximate surface area is 147 Å². The topological polar surface area (TPSA) is 72.6 Å². The molecule has 2 aromatic carbocycles. The van der Waals surface area contributed by atoms with Crippen LogP contribution in [0.2, 0.25) is 0 Å². The lowest BCUT2D eigenvalue weighted by atomic mass is 10.0. The van der Waals surface area contributed by atoms with Crippen LogP contribution in [0.15, 0.2) is 48.5 Å². The number of primary amides is 1. The van der Waals surface area contributed by atoms with E-state index in [9.17, 15) is 9.59 Å². The van der Waals surface area contributed by atoms with E-state index in [4.69, 9.17) is 10.5 Å². The normalized spacial score (nSPS) is 16.4. The van der Waals surface area contributed by atoms with Crippen molar-refractivity contribution in [2.45, 2.75) is 32.3 Å². The third-order valence-corrected chi connectivity index (χ3v) is 4.08. The van der Waals surface area contributed by atoms with Crippen molar-refractivity contribution in [3.05, 3.63) is 59.7 Å². The molecule has 0 fully saturated rings. The summed E-state index contributed by atoms with van der Waals surface area (Å²) in [6.45, 7) is 6.18. The van der Waals surface area contributed by atoms with Gasteiger partial charge < -0.3 is 15.4 Å². The number of hydrogen-bond donors (Lipinski definition) is 1. The van der Waals surface area contributed by atoms with E-state index >= 15 is 0 Å². The molecule has 0 aromatic heterocycles. The summed E-state index contributed by atoms with van der Waals surface area (Å²) in [4.78, 5) is 26.2. The van der Waals surface area contributed by atoms with Crippen molar-refractivity contribution in [3.8, 4) is 5.75 Å². The first kappa shape index (κ1) is 17.0. The van der Waals surface area contributed by atoms with Crippen LogP contribution in [0.1, 0.15) is 42.6 Å². The van der Waals surface area contributed by atoms with Gasteiger partial charge in [-0.3, -0.25) is 9.59 Å². The largest absolute Gasteiger partial charge is 0.488 e. The van der Waals surface area contributed by atoms with E-state index in [-0.39, 0.29) is 18.1 Å². The van der Waals surface area contributed by atoms with Crippen molar-refractivity contribution in [2.24, 2.45) is 5.73 Å². The number of carbonyl (C=O) groups excluding carboxylic acids is 2. The Balaban J connectivity index is 1.85. The quantitative estimate of drug-likeness (QED) is 0.934. The molecule has 0 saturated carbocycles. The average molecular weight is 338 g/mol. The third-order valence-electron chi connectivity index (χ3n) is 4.08. The molecule has 1 aliphatic heterocycles. The zero-order valence-electron chi connectivity index (χ0n) is 14.7. The molecule has 1 unspecified atom stereocenters. The van der Waals surface area contributed by atoms with Crippen molar-refractivity contribution in [2.75, 3.05) is 11.4 Å². The second-order valence-electron chi connectivity index (χ2n) is 7.17. The van der Waals surface area contributed by atoms with Gasteiger partial charge in [-0.15, -0.1) is 0 Å². The second kappa shape index (κ2) is 6.24. The Morgan fingerprint density at radius 1 is 1.08 bits per heavy atom. The van der Waals surface area contributed by atoms with Gasteiger partial charge in [-0.25, -0.2) is 0 Å². The molecule has 130 valence electrons. The van der Waals surface area contributed by atoms with E-state index in [0.717, 1.165) is 11.3 Å². The lowest BCUT2D eigenvalue weighted by Gasteiger charge is -2.22. The smallest absolute Gasteiger partial charge is 0.258 e. The fraction of sp³-hybridized carbons (Fsp3) is 0.300. The number of carbonyl (C=O) groups is 2. The van der Waals surface area contributed by atoms with Crippen molar-refractivity contribution >= 4 is 17.5 Å². The lowest BCUT2D eigenvalue weighted by molar-refractivity contribution is -0.119. The summed E-state index contributed by atoms with van der Waals surface area (Å²) < 4.78 is 5.78. The van der Waals surface area contributed by atoms with E-state index in [1.54, 1.807) is 29.2 Å². The molecule has 0 radical (unpaired) electrons. The summed E-state index contributed by atoms with van der Waals surface area (Å²) in [5.41, 5.74) is 7.29. The van der Waals surface area contributed by atoms with Crippen LogP contribution in [-0.4, -0.2) is 24.0 Å². The molecular weight excluding hydrogens is 316 g/mol. The Kier molecular flexibility index (Phi) is 4.25. The highest BCUT2D eigenvalue weighted by atomic mass is 16.5. The van der Waals surface area contributed by atoms with Gasteiger partial charge in [-0.2, -0.15) is 0 Å². The van der Waals surface area contributed by atoms with Crippen molar-refractivity contribution in [3.63, 3.8) is 0 Å². The van der Waals surface area contributed by atoms with Crippen LogP contribution in [-0.2, 0) is 4.79 Å². The third kappa shape index (κ3) is 3.50. The monoisotopic (exact) mass is 338 g/mol. The summed E-state index contributed by atoms with van der Waals surface area (Å²) in [5, 5.41) is 0. The maximum Gasteiger partial charge on any atom is 0.258 e. The van der Waals surface area contributed by atoms with Crippen LogP contribution in [0.3, 0.4) is 0 Å². The molecule has 0 spiro atoms. The minimum absolute atomic E-state index is 0.154. The number of fused-ring (bicyclic) bond motifs is 1. The van der Waals surface area contributed by atoms with Gasteiger partial charge in [0.1, 0.15) is 11.4 Å². The fourth-order valence-electron chi connectivity index (χ4n) is 3.02. The number of para-hydroxylation sites is 1. The molecule has 0 saturated heterocycles. The Morgan fingerprint density at radius 3 is 2.32 bits per heavy atom. The summed E-state index contributed by atoms with van der Waals surface area (Å²) >= 11 is 0. The van der Waals surface area contributed by atoms with Crippen LogP contribution in [0.25, 0.3) is 0 Å². The van der Waals surface area contributed by atoms with Crippen LogP contribution >= 0.6 is 0 Å². The minimum atomic E-state index is -0.469. The van der Waals surface area contributed by atoms with Gasteiger partial charge in [0.2, 0.25) is 5.91 Å². The molecule has 0 bridgehead atoms. The van der Waals surface area contributed by atoms with Crippen molar-refractivity contribution in [1.29, 1.82) is 0 Å². The predicted molar refractivity (Wildman–Crippen MR) is 96.9 cm³/mol. The highest BCUT2D eigenvalue weighted by molar-refractivity contribution is 6.09. The molecule has 5 heteroatoms. The maximum absolute atomic E-state index is 12.9. The first-order valence-electron chi connectivity index (χ1n) is 8.25. The number of ether oxygens (including phenoxy) is 1. The Morgan fingerprint density at radius 2 is 1.72 bits per heavy atom. The van der Waals surface area contributed by atoms with Gasteiger partial charge in [0.15, 0.2) is 0 Å². The fourth-order valence-corrected chi connectivity index (χ4v) is 3.02. The number of amides is 2. The summed E-state index contributed by atoms with van der Waals surface area (Å²) in [6, 6.07) is 14.4. The van der Waals surface area contributed by atoms with Crippen molar-refractivity contribution in [1.82, 2.24) is 0 Å². The molecular formula is C20H22N2O3. The molecule has 25 heavy (non-hydrogen) atoms. The standard InChI is InChI=1S/C20H22N2O3/c1-20(2,3)25-14-10-8-13(9-11-14)19(24)22-12-16(18(21)23)15-6-4-5-7-17(15)22/h4-11,16H,12H2,1-3H3,(H2,21,23). The van der Waals surface area contributed by atoms with Gasteiger partial charge in [-0.05, 0) is 56.7 Å². The zero-order valence-corrected chi connectivity index (χ0v) is 14.7. The van der Waals surface area contributed by atoms with Crippen molar-refractivity contribution < 1.29 is 14.3 Å². The van der Waals surface area contributed by atoms with Crippen LogP contribution < -0.4 is 15.4 Å². The number of hydrogen-bond acceptors (Lipinski definition) is 3. The van der Waals surface area contributed by atoms with Gasteiger partial charge >= 0.3 is 0 Å². The first-order chi connectivity index (χ1) is 11.8. The van der Waals surface area contributed by atoms with Crippen LogP contribution in [0.5, 0.6) is 5.75 Å². The zero-order chi connectivity index (χ0) is 18.2. The second-order valence-corrected chi connectivity index (χ2v) is 7.17. The van der Waals surface area contributed by atoms with E-state index < -0.39 is 11.8 Å². The lowest BCUT2D eigenvalue weighted by Crippen LogP contribution is -2.33. The first-order valence-corrected chi connectivity index (χ1v) is 8.25. The van der Waals surface area contributed by atoms with Crippen LogP contribution in [0, 0.1) is 0 Å². The van der Waals surface area contributed by atoms with Gasteiger partial charge in [0.05, 0.1) is 5.92 Å². The molecule has 5 nitrogen and oxygen atoms in total. The number of benzene rings is 2. The number of anilines is 1.